The molecule has 2 N–H and O–H groups in total. The van der Waals surface area contributed by atoms with Gasteiger partial charge in [0, 0.05) is 12.4 Å². The van der Waals surface area contributed by atoms with Crippen molar-refractivity contribution in [2.45, 2.75) is 6.54 Å². The van der Waals surface area contributed by atoms with Crippen LogP contribution in [0.1, 0.15) is 16.1 Å². The second kappa shape index (κ2) is 7.55. The third-order valence-electron chi connectivity index (χ3n) is 3.46. The summed E-state index contributed by atoms with van der Waals surface area (Å²) in [7, 11) is 0. The molecule has 2 aromatic heterocycles. The highest BCUT2D eigenvalue weighted by Gasteiger charge is 2.11. The minimum absolute atomic E-state index is 0.150. The molecule has 0 bridgehead atoms. The van der Waals surface area contributed by atoms with Gasteiger partial charge < -0.3 is 15.0 Å². The lowest BCUT2D eigenvalue weighted by Crippen LogP contribution is -2.36. The van der Waals surface area contributed by atoms with Crippen molar-refractivity contribution in [2.75, 3.05) is 6.54 Å². The zero-order chi connectivity index (χ0) is 17.8. The zero-order valence-electron chi connectivity index (χ0n) is 13.0. The summed E-state index contributed by atoms with van der Waals surface area (Å²) in [6.07, 6.45) is 3.52. The first-order valence-corrected chi connectivity index (χ1v) is 8.21. The van der Waals surface area contributed by atoms with Crippen molar-refractivity contribution >= 4 is 40.7 Å². The van der Waals surface area contributed by atoms with E-state index in [2.05, 4.69) is 15.6 Å². The van der Waals surface area contributed by atoms with Crippen molar-refractivity contribution in [1.29, 1.82) is 0 Å². The number of halogens is 2. The van der Waals surface area contributed by atoms with Gasteiger partial charge in [-0.2, -0.15) is 0 Å². The second-order valence-corrected chi connectivity index (χ2v) is 6.13. The molecule has 3 aromatic rings. The highest BCUT2D eigenvalue weighted by atomic mass is 35.5. The lowest BCUT2D eigenvalue weighted by molar-refractivity contribution is -0.120. The van der Waals surface area contributed by atoms with Gasteiger partial charge in [0.2, 0.25) is 5.91 Å². The molecule has 0 atom stereocenters. The Morgan fingerprint density at radius 3 is 2.64 bits per heavy atom. The first-order chi connectivity index (χ1) is 12.0. The molecule has 8 heteroatoms. The summed E-state index contributed by atoms with van der Waals surface area (Å²) < 4.78 is 1.78. The zero-order valence-corrected chi connectivity index (χ0v) is 14.5. The molecule has 3 rings (SSSR count). The van der Waals surface area contributed by atoms with Gasteiger partial charge in [0.15, 0.2) is 0 Å². The number of nitrogens with zero attached hydrogens (tertiary/aromatic N) is 2. The van der Waals surface area contributed by atoms with Crippen LogP contribution >= 0.6 is 23.2 Å². The number of pyridine rings is 1. The van der Waals surface area contributed by atoms with Crippen molar-refractivity contribution < 1.29 is 9.59 Å². The van der Waals surface area contributed by atoms with E-state index in [4.69, 9.17) is 23.2 Å². The molecule has 0 aliphatic rings. The van der Waals surface area contributed by atoms with Crippen LogP contribution in [0.15, 0.2) is 48.8 Å². The first kappa shape index (κ1) is 17.3. The molecule has 0 saturated heterocycles. The van der Waals surface area contributed by atoms with Crippen LogP contribution in [0.5, 0.6) is 0 Å². The number of hydrogen-bond donors (Lipinski definition) is 2. The molecule has 128 valence electrons. The maximum atomic E-state index is 12.0. The molecule has 2 amide bonds. The Labute approximate surface area is 153 Å². The normalized spacial score (nSPS) is 10.6. The van der Waals surface area contributed by atoms with Crippen molar-refractivity contribution in [1.82, 2.24) is 20.0 Å². The van der Waals surface area contributed by atoms with Crippen LogP contribution in [0.2, 0.25) is 10.0 Å². The Morgan fingerprint density at radius 1 is 1.04 bits per heavy atom. The predicted octanol–water partition coefficient (Wildman–Crippen LogP) is 2.69. The number of fused-ring (bicyclic) bond motifs is 1. The van der Waals surface area contributed by atoms with Crippen LogP contribution in [0.4, 0.5) is 0 Å². The van der Waals surface area contributed by atoms with Gasteiger partial charge >= 0.3 is 0 Å². The Morgan fingerprint density at radius 2 is 1.84 bits per heavy atom. The maximum Gasteiger partial charge on any atom is 0.253 e. The minimum atomic E-state index is -0.400. The topological polar surface area (TPSA) is 75.5 Å². The SMILES string of the molecule is O=C(CNC(=O)c1ccccc1Cl)NCc1cn2cc(Cl)ccc2n1. The van der Waals surface area contributed by atoms with Crippen LogP contribution in [-0.2, 0) is 11.3 Å². The summed E-state index contributed by atoms with van der Waals surface area (Å²) in [6.45, 7) is 0.101. The fourth-order valence-corrected chi connectivity index (χ4v) is 2.64. The van der Waals surface area contributed by atoms with Gasteiger partial charge in [-0.15, -0.1) is 0 Å². The number of rotatable bonds is 5. The summed E-state index contributed by atoms with van der Waals surface area (Å²) in [4.78, 5) is 28.2. The van der Waals surface area contributed by atoms with E-state index in [1.807, 2.05) is 0 Å². The van der Waals surface area contributed by atoms with E-state index in [0.29, 0.717) is 21.3 Å². The molecular formula is C17H14Cl2N4O2. The van der Waals surface area contributed by atoms with E-state index in [9.17, 15) is 9.59 Å². The fourth-order valence-electron chi connectivity index (χ4n) is 2.26. The quantitative estimate of drug-likeness (QED) is 0.718. The van der Waals surface area contributed by atoms with Crippen LogP contribution in [-0.4, -0.2) is 27.7 Å². The molecule has 1 aromatic carbocycles. The lowest BCUT2D eigenvalue weighted by atomic mass is 10.2. The summed E-state index contributed by atoms with van der Waals surface area (Å²) >= 11 is 11.9. The molecule has 25 heavy (non-hydrogen) atoms. The average Bonchev–Trinajstić information content (AvgIpc) is 3.00. The third-order valence-corrected chi connectivity index (χ3v) is 4.01. The van der Waals surface area contributed by atoms with E-state index in [1.54, 1.807) is 53.2 Å². The number of carbonyl (C=O) groups is 2. The molecule has 0 aliphatic carbocycles. The van der Waals surface area contributed by atoms with Gasteiger partial charge in [-0.05, 0) is 24.3 Å². The first-order valence-electron chi connectivity index (χ1n) is 7.45. The molecule has 2 heterocycles. The summed E-state index contributed by atoms with van der Waals surface area (Å²) in [5, 5.41) is 6.17. The smallest absolute Gasteiger partial charge is 0.253 e. The van der Waals surface area contributed by atoms with E-state index in [0.717, 1.165) is 5.65 Å². The summed E-state index contributed by atoms with van der Waals surface area (Å²) in [5.74, 6) is -0.724. The van der Waals surface area contributed by atoms with Crippen molar-refractivity contribution in [3.63, 3.8) is 0 Å². The molecule has 0 aliphatic heterocycles. The van der Waals surface area contributed by atoms with Gasteiger partial charge in [0.1, 0.15) is 5.65 Å². The summed E-state index contributed by atoms with van der Waals surface area (Å²) in [6, 6.07) is 10.2. The molecule has 6 nitrogen and oxygen atoms in total. The highest BCUT2D eigenvalue weighted by Crippen LogP contribution is 2.14. The van der Waals surface area contributed by atoms with Crippen molar-refractivity contribution in [3.05, 3.63) is 70.1 Å². The van der Waals surface area contributed by atoms with Crippen LogP contribution in [0.3, 0.4) is 0 Å². The monoisotopic (exact) mass is 376 g/mol. The molecular weight excluding hydrogens is 363 g/mol. The van der Waals surface area contributed by atoms with E-state index < -0.39 is 5.91 Å². The van der Waals surface area contributed by atoms with Crippen molar-refractivity contribution in [3.8, 4) is 0 Å². The van der Waals surface area contributed by atoms with E-state index in [-0.39, 0.29) is 19.0 Å². The van der Waals surface area contributed by atoms with Crippen LogP contribution in [0, 0.1) is 0 Å². The van der Waals surface area contributed by atoms with Crippen LogP contribution in [0.25, 0.3) is 5.65 Å². The molecule has 0 spiro atoms. The number of imidazole rings is 1. The predicted molar refractivity (Wildman–Crippen MR) is 95.8 cm³/mol. The highest BCUT2D eigenvalue weighted by molar-refractivity contribution is 6.33. The van der Waals surface area contributed by atoms with Gasteiger partial charge in [-0.1, -0.05) is 35.3 Å². The standard InChI is InChI=1S/C17H14Cl2N4O2/c18-11-5-6-15-22-12(10-23(15)9-11)7-20-16(24)8-21-17(25)13-3-1-2-4-14(13)19/h1-6,9-10H,7-8H2,(H,20,24)(H,21,25). The third kappa shape index (κ3) is 4.29. The number of carbonyl (C=O) groups excluding carboxylic acids is 2. The molecule has 0 unspecified atom stereocenters. The van der Waals surface area contributed by atoms with Crippen LogP contribution < -0.4 is 10.6 Å². The molecule has 0 saturated carbocycles. The number of benzene rings is 1. The van der Waals surface area contributed by atoms with Gasteiger partial charge in [-0.25, -0.2) is 4.98 Å². The number of nitrogens with one attached hydrogen (secondary N) is 2. The number of hydrogen-bond acceptors (Lipinski definition) is 3. The molecule has 0 fully saturated rings. The van der Waals surface area contributed by atoms with Gasteiger partial charge in [-0.3, -0.25) is 9.59 Å². The number of amides is 2. The van der Waals surface area contributed by atoms with Gasteiger partial charge in [0.25, 0.3) is 5.91 Å². The fraction of sp³-hybridized carbons (Fsp3) is 0.118. The Balaban J connectivity index is 1.52. The average molecular weight is 377 g/mol. The van der Waals surface area contributed by atoms with Crippen molar-refractivity contribution in [2.24, 2.45) is 0 Å². The lowest BCUT2D eigenvalue weighted by Gasteiger charge is -2.07. The minimum Gasteiger partial charge on any atom is -0.349 e. The largest absolute Gasteiger partial charge is 0.349 e. The Hall–Kier alpha value is -2.57. The second-order valence-electron chi connectivity index (χ2n) is 5.28. The van der Waals surface area contributed by atoms with E-state index >= 15 is 0 Å². The maximum absolute atomic E-state index is 12.0. The van der Waals surface area contributed by atoms with Gasteiger partial charge in [0.05, 0.1) is 34.4 Å². The Bertz CT molecular complexity index is 939. The Kier molecular flexibility index (Phi) is 5.21. The summed E-state index contributed by atoms with van der Waals surface area (Å²) in [5.41, 5.74) is 1.75. The van der Waals surface area contributed by atoms with E-state index in [1.165, 1.54) is 0 Å². The number of aromatic nitrogens is 2. The molecule has 0 radical (unpaired) electrons.